The first-order chi connectivity index (χ1) is 10.5. The van der Waals surface area contributed by atoms with E-state index in [1.54, 1.807) is 18.2 Å². The van der Waals surface area contributed by atoms with E-state index in [-0.39, 0.29) is 18.5 Å². The summed E-state index contributed by atoms with van der Waals surface area (Å²) in [4.78, 5) is 14.2. The number of nitrogens with one attached hydrogen (secondary N) is 1. The predicted octanol–water partition coefficient (Wildman–Crippen LogP) is 4.62. The van der Waals surface area contributed by atoms with Gasteiger partial charge in [-0.05, 0) is 31.7 Å². The summed E-state index contributed by atoms with van der Waals surface area (Å²) >= 11 is 12.1. The van der Waals surface area contributed by atoms with E-state index in [4.69, 9.17) is 23.2 Å². The number of amides is 1. The first kappa shape index (κ1) is 16.8. The highest BCUT2D eigenvalue weighted by atomic mass is 35.5. The van der Waals surface area contributed by atoms with Gasteiger partial charge < -0.3 is 5.32 Å². The van der Waals surface area contributed by atoms with Crippen LogP contribution in [-0.4, -0.2) is 24.4 Å². The molecule has 1 N–H and O–H groups in total. The molecule has 2 aromatic carbocycles. The standard InChI is InChI=1S/C17H18Cl2N2O/c1-12(13-7-4-3-5-8-13)21(2)11-16(22)20-17-14(18)9-6-10-15(17)19/h3-10,12H,11H2,1-2H3,(H,20,22)/t12-/m0/s1. The Morgan fingerprint density at radius 1 is 1.09 bits per heavy atom. The largest absolute Gasteiger partial charge is 0.322 e. The maximum Gasteiger partial charge on any atom is 0.238 e. The summed E-state index contributed by atoms with van der Waals surface area (Å²) < 4.78 is 0. The van der Waals surface area contributed by atoms with E-state index in [1.165, 1.54) is 0 Å². The van der Waals surface area contributed by atoms with Crippen molar-refractivity contribution in [3.8, 4) is 0 Å². The highest BCUT2D eigenvalue weighted by molar-refractivity contribution is 6.39. The molecule has 0 heterocycles. The van der Waals surface area contributed by atoms with Crippen molar-refractivity contribution in [2.45, 2.75) is 13.0 Å². The zero-order valence-corrected chi connectivity index (χ0v) is 14.0. The molecule has 2 rings (SSSR count). The van der Waals surface area contributed by atoms with Crippen LogP contribution in [0, 0.1) is 0 Å². The van der Waals surface area contributed by atoms with Crippen LogP contribution in [0.2, 0.25) is 10.0 Å². The fraction of sp³-hybridized carbons (Fsp3) is 0.235. The number of hydrogen-bond acceptors (Lipinski definition) is 2. The lowest BCUT2D eigenvalue weighted by Gasteiger charge is -2.24. The van der Waals surface area contributed by atoms with E-state index in [9.17, 15) is 4.79 Å². The molecule has 0 unspecified atom stereocenters. The number of benzene rings is 2. The fourth-order valence-corrected chi connectivity index (χ4v) is 2.64. The van der Waals surface area contributed by atoms with Crippen molar-refractivity contribution >= 4 is 34.8 Å². The van der Waals surface area contributed by atoms with Gasteiger partial charge in [-0.25, -0.2) is 0 Å². The van der Waals surface area contributed by atoms with Gasteiger partial charge in [0.2, 0.25) is 5.91 Å². The van der Waals surface area contributed by atoms with E-state index in [0.29, 0.717) is 15.7 Å². The van der Waals surface area contributed by atoms with Crippen LogP contribution < -0.4 is 5.32 Å². The van der Waals surface area contributed by atoms with Gasteiger partial charge in [-0.15, -0.1) is 0 Å². The molecule has 0 fully saturated rings. The molecule has 22 heavy (non-hydrogen) atoms. The first-order valence-electron chi connectivity index (χ1n) is 6.98. The minimum absolute atomic E-state index is 0.133. The number of halogens is 2. The molecule has 0 aliphatic rings. The maximum atomic E-state index is 12.2. The van der Waals surface area contributed by atoms with Crippen molar-refractivity contribution < 1.29 is 4.79 Å². The number of rotatable bonds is 5. The van der Waals surface area contributed by atoms with Crippen molar-refractivity contribution in [1.82, 2.24) is 4.90 Å². The third kappa shape index (κ3) is 4.23. The number of likely N-dealkylation sites (N-methyl/N-ethyl adjacent to an activating group) is 1. The van der Waals surface area contributed by atoms with Gasteiger partial charge in [0.1, 0.15) is 0 Å². The zero-order chi connectivity index (χ0) is 16.1. The summed E-state index contributed by atoms with van der Waals surface area (Å²) in [6.45, 7) is 2.31. The number of para-hydroxylation sites is 1. The molecule has 0 aliphatic heterocycles. The minimum atomic E-state index is -0.153. The Balaban J connectivity index is 2.00. The average molecular weight is 337 g/mol. The van der Waals surface area contributed by atoms with Gasteiger partial charge in [0.15, 0.2) is 0 Å². The summed E-state index contributed by atoms with van der Waals surface area (Å²) in [6, 6.07) is 15.3. The quantitative estimate of drug-likeness (QED) is 0.863. The van der Waals surface area contributed by atoms with Gasteiger partial charge in [-0.2, -0.15) is 0 Å². The normalized spacial score (nSPS) is 12.2. The Labute approximate surface area is 140 Å². The van der Waals surface area contributed by atoms with Gasteiger partial charge >= 0.3 is 0 Å². The lowest BCUT2D eigenvalue weighted by molar-refractivity contribution is -0.117. The van der Waals surface area contributed by atoms with E-state index in [1.807, 2.05) is 42.3 Å². The summed E-state index contributed by atoms with van der Waals surface area (Å²) in [5.74, 6) is -0.153. The van der Waals surface area contributed by atoms with Crippen LogP contribution >= 0.6 is 23.2 Å². The molecule has 0 aromatic heterocycles. The van der Waals surface area contributed by atoms with Crippen molar-refractivity contribution in [2.24, 2.45) is 0 Å². The highest BCUT2D eigenvalue weighted by Crippen LogP contribution is 2.29. The predicted molar refractivity (Wildman–Crippen MR) is 92.6 cm³/mol. The summed E-state index contributed by atoms with van der Waals surface area (Å²) in [6.07, 6.45) is 0. The Morgan fingerprint density at radius 3 is 2.27 bits per heavy atom. The molecule has 3 nitrogen and oxygen atoms in total. The maximum absolute atomic E-state index is 12.2. The zero-order valence-electron chi connectivity index (χ0n) is 12.5. The van der Waals surface area contributed by atoms with Crippen LogP contribution in [0.1, 0.15) is 18.5 Å². The van der Waals surface area contributed by atoms with Crippen molar-refractivity contribution in [2.75, 3.05) is 18.9 Å². The Hall–Kier alpha value is -1.55. The molecule has 0 saturated carbocycles. The SMILES string of the molecule is C[C@@H](c1ccccc1)N(C)CC(=O)Nc1c(Cl)cccc1Cl. The van der Waals surface area contributed by atoms with Crippen LogP contribution in [0.3, 0.4) is 0 Å². The second-order valence-electron chi connectivity index (χ2n) is 5.15. The lowest BCUT2D eigenvalue weighted by Crippen LogP contribution is -2.32. The van der Waals surface area contributed by atoms with Crippen LogP contribution in [0.25, 0.3) is 0 Å². The number of hydrogen-bond donors (Lipinski definition) is 1. The molecule has 0 spiro atoms. The third-order valence-corrected chi connectivity index (χ3v) is 4.19. The molecule has 0 aliphatic carbocycles. The molecular formula is C17H18Cl2N2O. The van der Waals surface area contributed by atoms with Crippen molar-refractivity contribution in [3.63, 3.8) is 0 Å². The van der Waals surface area contributed by atoms with Crippen LogP contribution in [-0.2, 0) is 4.79 Å². The van der Waals surface area contributed by atoms with Gasteiger partial charge in [-0.1, -0.05) is 59.6 Å². The third-order valence-electron chi connectivity index (χ3n) is 3.56. The molecule has 0 radical (unpaired) electrons. The van der Waals surface area contributed by atoms with E-state index < -0.39 is 0 Å². The first-order valence-corrected chi connectivity index (χ1v) is 7.73. The molecule has 1 amide bonds. The number of anilines is 1. The number of carbonyl (C=O) groups is 1. The Bertz CT molecular complexity index is 626. The Kier molecular flexibility index (Phi) is 5.83. The smallest absolute Gasteiger partial charge is 0.238 e. The van der Waals surface area contributed by atoms with Gasteiger partial charge in [0.05, 0.1) is 22.3 Å². The van der Waals surface area contributed by atoms with Crippen molar-refractivity contribution in [1.29, 1.82) is 0 Å². The molecule has 0 bridgehead atoms. The Morgan fingerprint density at radius 2 is 1.68 bits per heavy atom. The second-order valence-corrected chi connectivity index (χ2v) is 5.96. The van der Waals surface area contributed by atoms with E-state index in [0.717, 1.165) is 5.56 Å². The van der Waals surface area contributed by atoms with Gasteiger partial charge in [-0.3, -0.25) is 9.69 Å². The van der Waals surface area contributed by atoms with E-state index in [2.05, 4.69) is 12.2 Å². The molecule has 0 saturated heterocycles. The molecule has 5 heteroatoms. The van der Waals surface area contributed by atoms with Gasteiger partial charge in [0, 0.05) is 6.04 Å². The van der Waals surface area contributed by atoms with Crippen molar-refractivity contribution in [3.05, 3.63) is 64.1 Å². The second kappa shape index (κ2) is 7.63. The van der Waals surface area contributed by atoms with Crippen LogP contribution in [0.4, 0.5) is 5.69 Å². The molecule has 1 atom stereocenters. The minimum Gasteiger partial charge on any atom is -0.322 e. The van der Waals surface area contributed by atoms with E-state index >= 15 is 0 Å². The molecular weight excluding hydrogens is 319 g/mol. The number of nitrogens with zero attached hydrogens (tertiary/aromatic N) is 1. The van der Waals surface area contributed by atoms with Crippen LogP contribution in [0.5, 0.6) is 0 Å². The fourth-order valence-electron chi connectivity index (χ4n) is 2.15. The monoisotopic (exact) mass is 336 g/mol. The lowest BCUT2D eigenvalue weighted by atomic mass is 10.1. The summed E-state index contributed by atoms with van der Waals surface area (Å²) in [7, 11) is 1.91. The van der Waals surface area contributed by atoms with Gasteiger partial charge in [0.25, 0.3) is 0 Å². The average Bonchev–Trinajstić information content (AvgIpc) is 2.51. The summed E-state index contributed by atoms with van der Waals surface area (Å²) in [5, 5.41) is 3.63. The van der Waals surface area contributed by atoms with Crippen LogP contribution in [0.15, 0.2) is 48.5 Å². The number of carbonyl (C=O) groups excluding carboxylic acids is 1. The summed E-state index contributed by atoms with van der Waals surface area (Å²) in [5.41, 5.74) is 1.62. The topological polar surface area (TPSA) is 32.3 Å². The molecule has 116 valence electrons. The molecule has 2 aromatic rings. The highest BCUT2D eigenvalue weighted by Gasteiger charge is 2.16.